The fourth-order valence-corrected chi connectivity index (χ4v) is 3.06. The summed E-state index contributed by atoms with van der Waals surface area (Å²) in [5, 5.41) is 0.551. The van der Waals surface area contributed by atoms with E-state index in [0.29, 0.717) is 10.8 Å². The van der Waals surface area contributed by atoms with Crippen LogP contribution in [0.25, 0.3) is 0 Å². The van der Waals surface area contributed by atoms with Crippen molar-refractivity contribution in [1.29, 1.82) is 0 Å². The second-order valence-corrected chi connectivity index (χ2v) is 5.99. The van der Waals surface area contributed by atoms with Crippen LogP contribution in [0.1, 0.15) is 44.2 Å². The van der Waals surface area contributed by atoms with E-state index < -0.39 is 0 Å². The summed E-state index contributed by atoms with van der Waals surface area (Å²) in [7, 11) is 1.73. The van der Waals surface area contributed by atoms with E-state index in [9.17, 15) is 0 Å². The van der Waals surface area contributed by atoms with Gasteiger partial charge in [0.25, 0.3) is 0 Å². The lowest BCUT2D eigenvalue weighted by molar-refractivity contribution is -0.0671. The van der Waals surface area contributed by atoms with Crippen LogP contribution >= 0.6 is 11.6 Å². The molecule has 0 amide bonds. The highest BCUT2D eigenvalue weighted by Gasteiger charge is 2.41. The van der Waals surface area contributed by atoms with Crippen LogP contribution in [-0.2, 0) is 4.74 Å². The minimum atomic E-state index is -0.354. The molecule has 1 aromatic heterocycles. The van der Waals surface area contributed by atoms with E-state index >= 15 is 0 Å². The Morgan fingerprint density at radius 3 is 2.68 bits per heavy atom. The summed E-state index contributed by atoms with van der Waals surface area (Å²) in [6, 6.07) is 1.50. The Balaban J connectivity index is 2.30. The van der Waals surface area contributed by atoms with Crippen molar-refractivity contribution in [2.45, 2.75) is 44.2 Å². The van der Waals surface area contributed by atoms with Gasteiger partial charge in [-0.2, -0.15) is 0 Å². The lowest BCUT2D eigenvalue weighted by Gasteiger charge is -2.42. The highest BCUT2D eigenvalue weighted by atomic mass is 35.5. The Hall–Kier alpha value is -0.840. The van der Waals surface area contributed by atoms with Crippen molar-refractivity contribution in [3.05, 3.63) is 22.8 Å². The average Bonchev–Trinajstić information content (AvgIpc) is 2.42. The van der Waals surface area contributed by atoms with Crippen LogP contribution < -0.4 is 11.5 Å². The van der Waals surface area contributed by atoms with Crippen molar-refractivity contribution in [1.82, 2.24) is 4.98 Å². The molecule has 1 aromatic rings. The molecule has 0 saturated heterocycles. The summed E-state index contributed by atoms with van der Waals surface area (Å²) >= 11 is 6.00. The molecule has 2 rings (SSSR count). The second-order valence-electron chi connectivity index (χ2n) is 5.56. The van der Waals surface area contributed by atoms with Gasteiger partial charge in [0.2, 0.25) is 0 Å². The quantitative estimate of drug-likeness (QED) is 0.894. The zero-order valence-corrected chi connectivity index (χ0v) is 12.3. The molecule has 5 heteroatoms. The molecule has 1 unspecified atom stereocenters. The molecule has 19 heavy (non-hydrogen) atoms. The Morgan fingerprint density at radius 1 is 1.47 bits per heavy atom. The van der Waals surface area contributed by atoms with E-state index in [-0.39, 0.29) is 11.6 Å². The number of nitrogens with zero attached hydrogens (tertiary/aromatic N) is 1. The molecular formula is C14H22ClN3O. The topological polar surface area (TPSA) is 74.2 Å². The molecule has 1 atom stereocenters. The van der Waals surface area contributed by atoms with Gasteiger partial charge in [-0.3, -0.25) is 0 Å². The number of rotatable bonds is 3. The van der Waals surface area contributed by atoms with E-state index in [1.54, 1.807) is 13.2 Å². The van der Waals surface area contributed by atoms with E-state index in [0.717, 1.165) is 37.2 Å². The summed E-state index contributed by atoms with van der Waals surface area (Å²) in [6.07, 6.45) is 5.66. The first-order valence-corrected chi connectivity index (χ1v) is 7.08. The standard InChI is InChI=1S/C14H22ClN3O/c1-9-3-5-14(19-2,6-4-9)12(16)11-7-10(15)8-18-13(11)17/h7-9,12H,3-6,16H2,1-2H3,(H2,17,18). The maximum Gasteiger partial charge on any atom is 0.128 e. The van der Waals surface area contributed by atoms with Gasteiger partial charge < -0.3 is 16.2 Å². The summed E-state index contributed by atoms with van der Waals surface area (Å²) in [5.41, 5.74) is 12.8. The largest absolute Gasteiger partial charge is 0.383 e. The van der Waals surface area contributed by atoms with Crippen LogP contribution in [-0.4, -0.2) is 17.7 Å². The van der Waals surface area contributed by atoms with E-state index in [1.807, 2.05) is 0 Å². The Labute approximate surface area is 119 Å². The van der Waals surface area contributed by atoms with Gasteiger partial charge in [0.15, 0.2) is 0 Å². The van der Waals surface area contributed by atoms with Gasteiger partial charge in [0, 0.05) is 18.9 Å². The number of nitrogen functional groups attached to an aromatic ring is 1. The number of methoxy groups -OCH3 is 1. The third-order valence-corrected chi connectivity index (χ3v) is 4.55. The fraction of sp³-hybridized carbons (Fsp3) is 0.643. The minimum absolute atomic E-state index is 0.295. The maximum absolute atomic E-state index is 6.43. The number of ether oxygens (including phenoxy) is 1. The lowest BCUT2D eigenvalue weighted by atomic mass is 9.74. The molecule has 1 saturated carbocycles. The van der Waals surface area contributed by atoms with Gasteiger partial charge in [-0.15, -0.1) is 0 Å². The van der Waals surface area contributed by atoms with E-state index in [1.165, 1.54) is 6.20 Å². The molecule has 1 aliphatic carbocycles. The number of pyridine rings is 1. The molecule has 1 aliphatic rings. The molecule has 0 spiro atoms. The van der Waals surface area contributed by atoms with Gasteiger partial charge in [-0.05, 0) is 37.7 Å². The monoisotopic (exact) mass is 283 g/mol. The van der Waals surface area contributed by atoms with Gasteiger partial charge in [-0.1, -0.05) is 18.5 Å². The van der Waals surface area contributed by atoms with Gasteiger partial charge in [0.1, 0.15) is 5.82 Å². The van der Waals surface area contributed by atoms with Crippen LogP contribution in [0.2, 0.25) is 5.02 Å². The van der Waals surface area contributed by atoms with Crippen molar-refractivity contribution in [2.75, 3.05) is 12.8 Å². The van der Waals surface area contributed by atoms with Crippen molar-refractivity contribution in [2.24, 2.45) is 11.7 Å². The normalized spacial score (nSPS) is 29.2. The minimum Gasteiger partial charge on any atom is -0.383 e. The summed E-state index contributed by atoms with van der Waals surface area (Å²) < 4.78 is 5.79. The molecule has 0 aliphatic heterocycles. The first-order chi connectivity index (χ1) is 8.98. The number of nitrogens with two attached hydrogens (primary N) is 2. The number of hydrogen-bond donors (Lipinski definition) is 2. The van der Waals surface area contributed by atoms with Crippen LogP contribution in [0.3, 0.4) is 0 Å². The zero-order valence-electron chi connectivity index (χ0n) is 11.5. The number of halogens is 1. The van der Waals surface area contributed by atoms with Crippen LogP contribution in [0, 0.1) is 5.92 Å². The highest BCUT2D eigenvalue weighted by Crippen LogP contribution is 2.42. The van der Waals surface area contributed by atoms with Crippen molar-refractivity contribution in [3.8, 4) is 0 Å². The SMILES string of the molecule is COC1(C(N)c2cc(Cl)cnc2N)CCC(C)CC1. The van der Waals surface area contributed by atoms with Gasteiger partial charge in [0.05, 0.1) is 16.7 Å². The van der Waals surface area contributed by atoms with Gasteiger partial charge >= 0.3 is 0 Å². The summed E-state index contributed by atoms with van der Waals surface area (Å²) in [4.78, 5) is 4.09. The third kappa shape index (κ3) is 2.86. The van der Waals surface area contributed by atoms with E-state index in [4.69, 9.17) is 27.8 Å². The number of aromatic nitrogens is 1. The maximum atomic E-state index is 6.43. The molecule has 4 N–H and O–H groups in total. The molecule has 4 nitrogen and oxygen atoms in total. The molecule has 0 aromatic carbocycles. The fourth-order valence-electron chi connectivity index (χ4n) is 2.89. The summed E-state index contributed by atoms with van der Waals surface area (Å²) in [6.45, 7) is 2.26. The Bertz CT molecular complexity index is 444. The second kappa shape index (κ2) is 5.65. The Morgan fingerprint density at radius 2 is 2.11 bits per heavy atom. The third-order valence-electron chi connectivity index (χ3n) is 4.35. The molecule has 0 bridgehead atoms. The summed E-state index contributed by atoms with van der Waals surface area (Å²) in [5.74, 6) is 1.16. The first-order valence-electron chi connectivity index (χ1n) is 6.70. The molecule has 1 fully saturated rings. The number of anilines is 1. The number of hydrogen-bond acceptors (Lipinski definition) is 4. The average molecular weight is 284 g/mol. The first kappa shape index (κ1) is 14.6. The van der Waals surface area contributed by atoms with Crippen molar-refractivity contribution < 1.29 is 4.74 Å². The molecule has 106 valence electrons. The van der Waals surface area contributed by atoms with E-state index in [2.05, 4.69) is 11.9 Å². The van der Waals surface area contributed by atoms with Crippen LogP contribution in [0.5, 0.6) is 0 Å². The Kier molecular flexibility index (Phi) is 4.33. The van der Waals surface area contributed by atoms with Crippen molar-refractivity contribution in [3.63, 3.8) is 0 Å². The van der Waals surface area contributed by atoms with Crippen molar-refractivity contribution >= 4 is 17.4 Å². The highest BCUT2D eigenvalue weighted by molar-refractivity contribution is 6.30. The predicted molar refractivity (Wildman–Crippen MR) is 78.0 cm³/mol. The molecular weight excluding hydrogens is 262 g/mol. The molecule has 1 heterocycles. The van der Waals surface area contributed by atoms with Crippen LogP contribution in [0.4, 0.5) is 5.82 Å². The smallest absolute Gasteiger partial charge is 0.128 e. The molecule has 0 radical (unpaired) electrons. The predicted octanol–water partition coefficient (Wildman–Crippen LogP) is 2.91. The zero-order chi connectivity index (χ0) is 14.0. The lowest BCUT2D eigenvalue weighted by Crippen LogP contribution is -2.46. The van der Waals surface area contributed by atoms with Crippen LogP contribution in [0.15, 0.2) is 12.3 Å². The van der Waals surface area contributed by atoms with Gasteiger partial charge in [-0.25, -0.2) is 4.98 Å².